The zero-order valence-corrected chi connectivity index (χ0v) is 12.2. The molecular weight excluding hydrogens is 232 g/mol. The van der Waals surface area contributed by atoms with Crippen LogP contribution in [0, 0.1) is 13.8 Å². The minimum absolute atomic E-state index is 0.389. The summed E-state index contributed by atoms with van der Waals surface area (Å²) in [6.45, 7) is 11.0. The van der Waals surface area contributed by atoms with Crippen molar-refractivity contribution in [2.75, 3.05) is 19.8 Å². The molecule has 1 N–H and O–H groups in total. The summed E-state index contributed by atoms with van der Waals surface area (Å²) in [7, 11) is 0. The largest absolute Gasteiger partial charge is 0.380 e. The molecule has 17 heavy (non-hydrogen) atoms. The Morgan fingerprint density at radius 2 is 2.12 bits per heavy atom. The molecule has 1 aromatic heterocycles. The molecule has 1 aromatic rings. The molecule has 1 heterocycles. The van der Waals surface area contributed by atoms with Crippen LogP contribution in [0.4, 0.5) is 0 Å². The van der Waals surface area contributed by atoms with Gasteiger partial charge in [-0.25, -0.2) is 4.98 Å². The highest BCUT2D eigenvalue weighted by Crippen LogP contribution is 2.17. The SMILES string of the molecule is CCCNC(COCC)Cc1nc(C)c(C)s1. The van der Waals surface area contributed by atoms with Crippen molar-refractivity contribution in [3.05, 3.63) is 15.6 Å². The van der Waals surface area contributed by atoms with E-state index in [0.717, 1.165) is 38.3 Å². The van der Waals surface area contributed by atoms with Crippen LogP contribution in [0.5, 0.6) is 0 Å². The zero-order valence-electron chi connectivity index (χ0n) is 11.4. The second-order valence-corrected chi connectivity index (χ2v) is 5.55. The van der Waals surface area contributed by atoms with Crippen molar-refractivity contribution in [1.29, 1.82) is 0 Å². The van der Waals surface area contributed by atoms with Gasteiger partial charge in [0.15, 0.2) is 0 Å². The predicted octanol–water partition coefficient (Wildman–Crippen LogP) is 2.71. The van der Waals surface area contributed by atoms with E-state index in [2.05, 4.69) is 31.1 Å². The Labute approximate surface area is 109 Å². The highest BCUT2D eigenvalue weighted by molar-refractivity contribution is 7.11. The fourth-order valence-corrected chi connectivity index (χ4v) is 2.65. The summed E-state index contributed by atoms with van der Waals surface area (Å²) in [6.07, 6.45) is 2.12. The van der Waals surface area contributed by atoms with Gasteiger partial charge in [0, 0.05) is 23.9 Å². The van der Waals surface area contributed by atoms with Crippen LogP contribution < -0.4 is 5.32 Å². The van der Waals surface area contributed by atoms with E-state index < -0.39 is 0 Å². The summed E-state index contributed by atoms with van der Waals surface area (Å²) in [5, 5.41) is 4.74. The normalized spacial score (nSPS) is 12.9. The van der Waals surface area contributed by atoms with Gasteiger partial charge in [-0.2, -0.15) is 0 Å². The number of aryl methyl sites for hydroxylation is 2. The first-order valence-electron chi connectivity index (χ1n) is 6.41. The number of rotatable bonds is 8. The number of nitrogens with zero attached hydrogens (tertiary/aromatic N) is 1. The molecule has 1 atom stereocenters. The van der Waals surface area contributed by atoms with Gasteiger partial charge >= 0.3 is 0 Å². The molecule has 0 aliphatic rings. The van der Waals surface area contributed by atoms with E-state index in [1.165, 1.54) is 9.88 Å². The average molecular weight is 256 g/mol. The number of nitrogens with one attached hydrogen (secondary N) is 1. The first kappa shape index (κ1) is 14.6. The molecule has 0 fully saturated rings. The summed E-state index contributed by atoms with van der Waals surface area (Å²) in [5.41, 5.74) is 1.16. The van der Waals surface area contributed by atoms with Gasteiger partial charge in [0.2, 0.25) is 0 Å². The van der Waals surface area contributed by atoms with Crippen molar-refractivity contribution in [2.24, 2.45) is 0 Å². The average Bonchev–Trinajstić information content (AvgIpc) is 2.62. The molecule has 0 aliphatic heterocycles. The minimum Gasteiger partial charge on any atom is -0.380 e. The molecule has 1 rings (SSSR count). The maximum Gasteiger partial charge on any atom is 0.0947 e. The fraction of sp³-hybridized carbons (Fsp3) is 0.769. The smallest absolute Gasteiger partial charge is 0.0947 e. The lowest BCUT2D eigenvalue weighted by atomic mass is 10.2. The number of hydrogen-bond donors (Lipinski definition) is 1. The molecule has 3 nitrogen and oxygen atoms in total. The highest BCUT2D eigenvalue weighted by atomic mass is 32.1. The van der Waals surface area contributed by atoms with E-state index in [-0.39, 0.29) is 0 Å². The molecule has 0 saturated carbocycles. The first-order chi connectivity index (χ1) is 8.17. The first-order valence-corrected chi connectivity index (χ1v) is 7.23. The maximum absolute atomic E-state index is 5.52. The van der Waals surface area contributed by atoms with E-state index in [4.69, 9.17) is 4.74 Å². The number of thiazole rings is 1. The van der Waals surface area contributed by atoms with Crippen LogP contribution in [0.25, 0.3) is 0 Å². The van der Waals surface area contributed by atoms with Crippen LogP contribution in [0.1, 0.15) is 35.8 Å². The molecule has 0 saturated heterocycles. The van der Waals surface area contributed by atoms with Gasteiger partial charge in [-0.05, 0) is 33.7 Å². The Kier molecular flexibility index (Phi) is 6.70. The molecule has 0 bridgehead atoms. The second kappa shape index (κ2) is 7.80. The number of aromatic nitrogens is 1. The summed E-state index contributed by atoms with van der Waals surface area (Å²) in [5.74, 6) is 0. The van der Waals surface area contributed by atoms with Gasteiger partial charge < -0.3 is 10.1 Å². The van der Waals surface area contributed by atoms with Crippen LogP contribution in [0.15, 0.2) is 0 Å². The molecule has 0 aromatic carbocycles. The van der Waals surface area contributed by atoms with E-state index in [0.29, 0.717) is 6.04 Å². The molecule has 0 radical (unpaired) electrons. The Morgan fingerprint density at radius 3 is 2.65 bits per heavy atom. The van der Waals surface area contributed by atoms with Crippen molar-refractivity contribution in [3.63, 3.8) is 0 Å². The topological polar surface area (TPSA) is 34.1 Å². The monoisotopic (exact) mass is 256 g/mol. The summed E-state index contributed by atoms with van der Waals surface area (Å²) >= 11 is 1.80. The Balaban J connectivity index is 2.51. The molecule has 0 aliphatic carbocycles. The Morgan fingerprint density at radius 1 is 1.35 bits per heavy atom. The zero-order chi connectivity index (χ0) is 12.7. The predicted molar refractivity (Wildman–Crippen MR) is 73.9 cm³/mol. The Bertz CT molecular complexity index is 298. The van der Waals surface area contributed by atoms with Gasteiger partial charge in [0.05, 0.1) is 17.3 Å². The van der Waals surface area contributed by atoms with Crippen LogP contribution in [-0.4, -0.2) is 30.8 Å². The summed E-state index contributed by atoms with van der Waals surface area (Å²) in [4.78, 5) is 5.91. The third-order valence-electron chi connectivity index (χ3n) is 2.70. The number of hydrogen-bond acceptors (Lipinski definition) is 4. The molecule has 1 unspecified atom stereocenters. The Hall–Kier alpha value is -0.450. The highest BCUT2D eigenvalue weighted by Gasteiger charge is 2.12. The quantitative estimate of drug-likeness (QED) is 0.776. The van der Waals surface area contributed by atoms with Gasteiger partial charge in [0.1, 0.15) is 0 Å². The van der Waals surface area contributed by atoms with Gasteiger partial charge in [-0.15, -0.1) is 11.3 Å². The van der Waals surface area contributed by atoms with Crippen molar-refractivity contribution in [1.82, 2.24) is 10.3 Å². The summed E-state index contributed by atoms with van der Waals surface area (Å²) in [6, 6.07) is 0.389. The minimum atomic E-state index is 0.389. The molecule has 4 heteroatoms. The van der Waals surface area contributed by atoms with Gasteiger partial charge in [-0.3, -0.25) is 0 Å². The van der Waals surface area contributed by atoms with Gasteiger partial charge in [0.25, 0.3) is 0 Å². The molecule has 98 valence electrons. The fourth-order valence-electron chi connectivity index (χ4n) is 1.64. The molecular formula is C13H24N2OS. The van der Waals surface area contributed by atoms with Crippen LogP contribution in [0.2, 0.25) is 0 Å². The van der Waals surface area contributed by atoms with E-state index in [9.17, 15) is 0 Å². The third kappa shape index (κ3) is 5.15. The lowest BCUT2D eigenvalue weighted by Crippen LogP contribution is -2.36. The van der Waals surface area contributed by atoms with Crippen LogP contribution in [-0.2, 0) is 11.2 Å². The third-order valence-corrected chi connectivity index (χ3v) is 3.80. The standard InChI is InChI=1S/C13H24N2OS/c1-5-7-14-12(9-16-6-2)8-13-15-10(3)11(4)17-13/h12,14H,5-9H2,1-4H3. The van der Waals surface area contributed by atoms with Crippen LogP contribution >= 0.6 is 11.3 Å². The van der Waals surface area contributed by atoms with Crippen molar-refractivity contribution >= 4 is 11.3 Å². The van der Waals surface area contributed by atoms with Crippen molar-refractivity contribution in [3.8, 4) is 0 Å². The second-order valence-electron chi connectivity index (χ2n) is 4.26. The lowest BCUT2D eigenvalue weighted by molar-refractivity contribution is 0.122. The van der Waals surface area contributed by atoms with Crippen LogP contribution in [0.3, 0.4) is 0 Å². The number of ether oxygens (including phenoxy) is 1. The van der Waals surface area contributed by atoms with E-state index in [1.807, 2.05) is 6.92 Å². The molecule has 0 amide bonds. The summed E-state index contributed by atoms with van der Waals surface area (Å²) < 4.78 is 5.52. The van der Waals surface area contributed by atoms with Gasteiger partial charge in [-0.1, -0.05) is 6.92 Å². The van der Waals surface area contributed by atoms with E-state index in [1.54, 1.807) is 11.3 Å². The molecule has 0 spiro atoms. The van der Waals surface area contributed by atoms with Crippen molar-refractivity contribution in [2.45, 2.75) is 46.6 Å². The van der Waals surface area contributed by atoms with Crippen molar-refractivity contribution < 1.29 is 4.74 Å². The van der Waals surface area contributed by atoms with E-state index >= 15 is 0 Å². The maximum atomic E-state index is 5.52. The lowest BCUT2D eigenvalue weighted by Gasteiger charge is -2.16.